The van der Waals surface area contributed by atoms with E-state index < -0.39 is 0 Å². The number of hydrogen-bond donors (Lipinski definition) is 3. The van der Waals surface area contributed by atoms with E-state index in [1.807, 2.05) is 0 Å². The Hall–Kier alpha value is -2.90. The molecule has 0 saturated carbocycles. The maximum Gasteiger partial charge on any atom is 0.255 e. The number of phenolic OH excluding ortho intramolecular Hbond substituents is 1. The summed E-state index contributed by atoms with van der Waals surface area (Å²) in [6, 6.07) is 6.50. The second-order valence-electron chi connectivity index (χ2n) is 8.72. The number of phenols is 1. The van der Waals surface area contributed by atoms with Gasteiger partial charge in [0.25, 0.3) is 5.91 Å². The van der Waals surface area contributed by atoms with E-state index in [-0.39, 0.29) is 30.6 Å². The fourth-order valence-corrected chi connectivity index (χ4v) is 5.07. The molecule has 7 heteroatoms. The second-order valence-corrected chi connectivity index (χ2v) is 11.4. The van der Waals surface area contributed by atoms with Gasteiger partial charge in [-0.05, 0) is 57.1 Å². The molecule has 0 aromatic heterocycles. The number of hydrogen-bond acceptors (Lipinski definition) is 5. The number of carbonyl (C=O) groups is 2. The molecule has 2 amide bonds. The Kier molecular flexibility index (Phi) is 26.6. The molecule has 1 aromatic carbocycles. The van der Waals surface area contributed by atoms with Gasteiger partial charge in [0, 0.05) is 31.0 Å². The molecule has 0 fully saturated rings. The maximum atomic E-state index is 12.0. The number of nitrogens with one attached hydrogen (secondary N) is 2. The van der Waals surface area contributed by atoms with Crippen molar-refractivity contribution < 1.29 is 14.7 Å². The first-order valence-electron chi connectivity index (χ1n) is 14.1. The van der Waals surface area contributed by atoms with E-state index >= 15 is 0 Å². The summed E-state index contributed by atoms with van der Waals surface area (Å²) in [5.41, 5.74) is 0.284. The predicted octanol–water partition coefficient (Wildman–Crippen LogP) is 8.73. The summed E-state index contributed by atoms with van der Waals surface area (Å²) in [5, 5.41) is 15.4. The standard InChI is InChI=1S/C33H46N2O3S2.CH4/c1-2-3-4-5-6-7-8-9-10-11-12-13-14-15-16-17-18-19-20-25-32(37)34-26-28-39-40-29-27-35-33(38)30-23-21-22-24-31(30)36;/h3-4,6-7,9-10,12-13,15-16,18-19,21-24,36H,2,5,8,11,14,17,20,25-29H2,1H3,(H,34,37)(H,35,38);1H4/b4-3-,7-6-,10-9-,13-12-,16-15-,19-18-;. The SMILES string of the molecule is C.CC/C=C\C/C=C\C/C=C\C/C=C\C/C=C\C/C=C\CCC(=O)NCCSSCCNC(=O)c1ccccc1O. The highest BCUT2D eigenvalue weighted by Gasteiger charge is 2.08. The number of allylic oxidation sites excluding steroid dienone is 12. The van der Waals surface area contributed by atoms with Gasteiger partial charge in [-0.15, -0.1) is 0 Å². The Morgan fingerprint density at radius 3 is 1.68 bits per heavy atom. The van der Waals surface area contributed by atoms with Gasteiger partial charge in [0.1, 0.15) is 5.75 Å². The Morgan fingerprint density at radius 2 is 1.17 bits per heavy atom. The third-order valence-electron chi connectivity index (χ3n) is 5.35. The van der Waals surface area contributed by atoms with E-state index in [9.17, 15) is 14.7 Å². The topological polar surface area (TPSA) is 78.4 Å². The Labute approximate surface area is 256 Å². The summed E-state index contributed by atoms with van der Waals surface area (Å²) in [4.78, 5) is 23.9. The molecule has 0 unspecified atom stereocenters. The van der Waals surface area contributed by atoms with Crippen molar-refractivity contribution in [2.45, 2.75) is 65.7 Å². The van der Waals surface area contributed by atoms with E-state index in [2.05, 4.69) is 90.5 Å². The van der Waals surface area contributed by atoms with Crippen LogP contribution < -0.4 is 10.6 Å². The van der Waals surface area contributed by atoms with Crippen molar-refractivity contribution in [2.24, 2.45) is 0 Å². The largest absolute Gasteiger partial charge is 0.507 e. The van der Waals surface area contributed by atoms with Gasteiger partial charge < -0.3 is 15.7 Å². The molecule has 41 heavy (non-hydrogen) atoms. The first-order valence-corrected chi connectivity index (χ1v) is 16.6. The Balaban J connectivity index is 0.0000160. The second kappa shape index (κ2) is 28.6. The van der Waals surface area contributed by atoms with E-state index in [4.69, 9.17) is 0 Å². The van der Waals surface area contributed by atoms with Crippen LogP contribution in [0, 0.1) is 0 Å². The number of rotatable bonds is 22. The number of para-hydroxylation sites is 1. The van der Waals surface area contributed by atoms with Gasteiger partial charge in [0.05, 0.1) is 5.56 Å². The number of amides is 2. The van der Waals surface area contributed by atoms with E-state index in [0.29, 0.717) is 19.5 Å². The van der Waals surface area contributed by atoms with Crippen LogP contribution in [-0.2, 0) is 4.79 Å². The van der Waals surface area contributed by atoms with E-state index in [0.717, 1.165) is 56.5 Å². The fourth-order valence-electron chi connectivity index (χ4n) is 3.26. The summed E-state index contributed by atoms with van der Waals surface area (Å²) in [6.45, 7) is 3.30. The lowest BCUT2D eigenvalue weighted by Gasteiger charge is -2.07. The summed E-state index contributed by atoms with van der Waals surface area (Å²) < 4.78 is 0. The highest BCUT2D eigenvalue weighted by Crippen LogP contribution is 2.20. The van der Waals surface area contributed by atoms with Crippen LogP contribution in [0.1, 0.15) is 76.1 Å². The lowest BCUT2D eigenvalue weighted by atomic mass is 10.2. The van der Waals surface area contributed by atoms with Crippen LogP contribution in [0.4, 0.5) is 0 Å². The molecule has 0 aliphatic rings. The smallest absolute Gasteiger partial charge is 0.255 e. The molecule has 5 nitrogen and oxygen atoms in total. The molecule has 1 aromatic rings. The third kappa shape index (κ3) is 23.5. The minimum atomic E-state index is -0.275. The Bertz CT molecular complexity index is 997. The maximum absolute atomic E-state index is 12.0. The van der Waals surface area contributed by atoms with Crippen molar-refractivity contribution in [1.29, 1.82) is 0 Å². The average molecular weight is 599 g/mol. The van der Waals surface area contributed by atoms with Gasteiger partial charge in [0.2, 0.25) is 5.91 Å². The van der Waals surface area contributed by atoms with Gasteiger partial charge >= 0.3 is 0 Å². The summed E-state index contributed by atoms with van der Waals surface area (Å²) >= 11 is 0. The number of benzene rings is 1. The zero-order valence-electron chi connectivity index (χ0n) is 23.8. The lowest BCUT2D eigenvalue weighted by Crippen LogP contribution is -2.26. The molecule has 0 bridgehead atoms. The van der Waals surface area contributed by atoms with Crippen molar-refractivity contribution in [3.05, 3.63) is 103 Å². The monoisotopic (exact) mass is 598 g/mol. The summed E-state index contributed by atoms with van der Waals surface area (Å²) in [6.07, 6.45) is 33.2. The normalized spacial score (nSPS) is 11.9. The van der Waals surface area contributed by atoms with Crippen molar-refractivity contribution in [2.75, 3.05) is 24.6 Å². The van der Waals surface area contributed by atoms with Crippen LogP contribution in [0.5, 0.6) is 5.75 Å². The number of aromatic hydroxyl groups is 1. The molecule has 0 aliphatic carbocycles. The van der Waals surface area contributed by atoms with Gasteiger partial charge in [0.15, 0.2) is 0 Å². The van der Waals surface area contributed by atoms with Gasteiger partial charge in [-0.2, -0.15) is 0 Å². The molecule has 0 aliphatic heterocycles. The first kappa shape index (κ1) is 38.1. The Morgan fingerprint density at radius 1 is 0.707 bits per heavy atom. The molecular formula is C34H50N2O3S2. The van der Waals surface area contributed by atoms with Crippen molar-refractivity contribution in [3.63, 3.8) is 0 Å². The molecule has 0 radical (unpaired) electrons. The lowest BCUT2D eigenvalue weighted by molar-refractivity contribution is -0.120. The summed E-state index contributed by atoms with van der Waals surface area (Å²) in [5.74, 6) is 1.34. The van der Waals surface area contributed by atoms with Crippen LogP contribution in [-0.4, -0.2) is 41.5 Å². The number of carbonyl (C=O) groups excluding carboxylic acids is 2. The quantitative estimate of drug-likeness (QED) is 0.0707. The minimum Gasteiger partial charge on any atom is -0.507 e. The molecular weight excluding hydrogens is 549 g/mol. The molecule has 226 valence electrons. The van der Waals surface area contributed by atoms with E-state index in [1.54, 1.807) is 39.8 Å². The molecule has 0 heterocycles. The molecule has 0 atom stereocenters. The highest BCUT2D eigenvalue weighted by molar-refractivity contribution is 8.76. The van der Waals surface area contributed by atoms with Crippen LogP contribution in [0.3, 0.4) is 0 Å². The molecule has 1 rings (SSSR count). The van der Waals surface area contributed by atoms with E-state index in [1.165, 1.54) is 6.07 Å². The minimum absolute atomic E-state index is 0. The van der Waals surface area contributed by atoms with Crippen molar-refractivity contribution >= 4 is 33.4 Å². The van der Waals surface area contributed by atoms with Gasteiger partial charge in [-0.3, -0.25) is 9.59 Å². The van der Waals surface area contributed by atoms with Gasteiger partial charge in [-0.1, -0.05) is 121 Å². The van der Waals surface area contributed by atoms with Crippen LogP contribution in [0.2, 0.25) is 0 Å². The molecule has 0 spiro atoms. The fraction of sp³-hybridized carbons (Fsp3) is 0.412. The van der Waals surface area contributed by atoms with Crippen molar-refractivity contribution in [3.8, 4) is 5.75 Å². The zero-order chi connectivity index (χ0) is 28.9. The molecule has 3 N–H and O–H groups in total. The highest BCUT2D eigenvalue weighted by atomic mass is 33.1. The van der Waals surface area contributed by atoms with Crippen molar-refractivity contribution in [1.82, 2.24) is 10.6 Å². The van der Waals surface area contributed by atoms with Crippen LogP contribution >= 0.6 is 21.6 Å². The molecule has 0 saturated heterocycles. The predicted molar refractivity (Wildman–Crippen MR) is 183 cm³/mol. The third-order valence-corrected chi connectivity index (χ3v) is 7.75. The van der Waals surface area contributed by atoms with Gasteiger partial charge in [-0.25, -0.2) is 0 Å². The first-order chi connectivity index (χ1) is 19.6. The van der Waals surface area contributed by atoms with Crippen LogP contribution in [0.25, 0.3) is 0 Å². The summed E-state index contributed by atoms with van der Waals surface area (Å²) in [7, 11) is 3.31. The zero-order valence-corrected chi connectivity index (χ0v) is 25.4. The average Bonchev–Trinajstić information content (AvgIpc) is 2.95. The van der Waals surface area contributed by atoms with Crippen LogP contribution in [0.15, 0.2) is 97.2 Å².